The van der Waals surface area contributed by atoms with E-state index in [0.717, 1.165) is 12.8 Å². The zero-order valence-electron chi connectivity index (χ0n) is 14.4. The highest BCUT2D eigenvalue weighted by Gasteiger charge is 2.27. The predicted octanol–water partition coefficient (Wildman–Crippen LogP) is 1.70. The molecule has 1 aliphatic rings. The van der Waals surface area contributed by atoms with E-state index in [2.05, 4.69) is 5.32 Å². The average Bonchev–Trinajstić information content (AvgIpc) is 3.09. The summed E-state index contributed by atoms with van der Waals surface area (Å²) >= 11 is 0. The van der Waals surface area contributed by atoms with Crippen LogP contribution in [0.25, 0.3) is 0 Å². The van der Waals surface area contributed by atoms with E-state index in [4.69, 9.17) is 0 Å². The molecule has 138 valence electrons. The molecule has 0 bridgehead atoms. The number of nitrogens with zero attached hydrogens (tertiary/aromatic N) is 1. The fraction of sp³-hybridized carbons (Fsp3) is 0.529. The Labute approximate surface area is 148 Å². The van der Waals surface area contributed by atoms with Crippen molar-refractivity contribution in [3.05, 3.63) is 29.8 Å². The summed E-state index contributed by atoms with van der Waals surface area (Å²) in [7, 11) is -3.53. The van der Waals surface area contributed by atoms with Crippen LogP contribution < -0.4 is 5.32 Å². The molecule has 8 heteroatoms. The molecule has 7 nitrogen and oxygen atoms in total. The lowest BCUT2D eigenvalue weighted by Gasteiger charge is -2.17. The highest BCUT2D eigenvalue weighted by atomic mass is 32.2. The van der Waals surface area contributed by atoms with Crippen LogP contribution in [0.1, 0.15) is 43.5 Å². The van der Waals surface area contributed by atoms with Crippen LogP contribution >= 0.6 is 0 Å². The van der Waals surface area contributed by atoms with Gasteiger partial charge in [0.2, 0.25) is 10.0 Å². The minimum atomic E-state index is -3.53. The minimum absolute atomic E-state index is 0.120. The number of hydrogen-bond donors (Lipinski definition) is 2. The van der Waals surface area contributed by atoms with Gasteiger partial charge in [-0.25, -0.2) is 13.2 Å². The van der Waals surface area contributed by atoms with Gasteiger partial charge in [-0.15, -0.1) is 0 Å². The summed E-state index contributed by atoms with van der Waals surface area (Å²) in [5.74, 6) is -1.50. The van der Waals surface area contributed by atoms with Gasteiger partial charge in [0.15, 0.2) is 0 Å². The van der Waals surface area contributed by atoms with Gasteiger partial charge in [0.1, 0.15) is 6.04 Å². The number of nitrogens with one attached hydrogen (secondary N) is 1. The Morgan fingerprint density at radius 3 is 2.20 bits per heavy atom. The molecule has 25 heavy (non-hydrogen) atoms. The maximum atomic E-state index is 12.5. The van der Waals surface area contributed by atoms with Crippen LogP contribution in [-0.4, -0.2) is 48.8 Å². The molecule has 1 atom stereocenters. The van der Waals surface area contributed by atoms with Gasteiger partial charge in [-0.05, 0) is 49.4 Å². The standard InChI is InChI=1S/C17H24N2O5S/c1-12(2)11-15(17(21)22)18-16(20)13-5-7-14(8-6-13)25(23,24)19-9-3-4-10-19/h5-8,12,15H,3-4,9-11H2,1-2H3,(H,18,20)(H,21,22)/t15-/m1/s1. The molecule has 0 aromatic heterocycles. The number of aliphatic carboxylic acids is 1. The number of carbonyl (C=O) groups is 2. The van der Waals surface area contributed by atoms with Gasteiger partial charge in [0.05, 0.1) is 4.90 Å². The van der Waals surface area contributed by atoms with Crippen molar-refractivity contribution in [3.8, 4) is 0 Å². The highest BCUT2D eigenvalue weighted by molar-refractivity contribution is 7.89. The quantitative estimate of drug-likeness (QED) is 0.762. The first-order chi connectivity index (χ1) is 11.7. The Hall–Kier alpha value is -1.93. The molecule has 0 radical (unpaired) electrons. The number of carbonyl (C=O) groups excluding carboxylic acids is 1. The number of benzene rings is 1. The lowest BCUT2D eigenvalue weighted by atomic mass is 10.0. The summed E-state index contributed by atoms with van der Waals surface area (Å²) in [5.41, 5.74) is 0.232. The third-order valence-corrected chi connectivity index (χ3v) is 6.04. The van der Waals surface area contributed by atoms with E-state index < -0.39 is 27.9 Å². The second kappa shape index (κ2) is 7.97. The van der Waals surface area contributed by atoms with Crippen molar-refractivity contribution in [2.45, 2.75) is 44.0 Å². The van der Waals surface area contributed by atoms with E-state index in [1.165, 1.54) is 28.6 Å². The number of hydrogen-bond acceptors (Lipinski definition) is 4. The van der Waals surface area contributed by atoms with Crippen molar-refractivity contribution in [2.75, 3.05) is 13.1 Å². The third kappa shape index (κ3) is 4.79. The summed E-state index contributed by atoms with van der Waals surface area (Å²) in [6.45, 7) is 4.78. The second-order valence-electron chi connectivity index (χ2n) is 6.63. The van der Waals surface area contributed by atoms with Crippen molar-refractivity contribution in [1.82, 2.24) is 9.62 Å². The van der Waals surface area contributed by atoms with E-state index in [-0.39, 0.29) is 16.4 Å². The first kappa shape index (κ1) is 19.4. The molecule has 1 aromatic carbocycles. The van der Waals surface area contributed by atoms with Crippen LogP contribution in [0, 0.1) is 5.92 Å². The van der Waals surface area contributed by atoms with Gasteiger partial charge < -0.3 is 10.4 Å². The Kier molecular flexibility index (Phi) is 6.18. The number of carboxylic acid groups (broad SMARTS) is 1. The predicted molar refractivity (Wildman–Crippen MR) is 92.8 cm³/mol. The largest absolute Gasteiger partial charge is 0.480 e. The topological polar surface area (TPSA) is 104 Å². The summed E-state index contributed by atoms with van der Waals surface area (Å²) < 4.78 is 26.3. The smallest absolute Gasteiger partial charge is 0.326 e. The molecule has 1 aromatic rings. The van der Waals surface area contributed by atoms with E-state index >= 15 is 0 Å². The average molecular weight is 368 g/mol. The maximum absolute atomic E-state index is 12.5. The molecule has 2 rings (SSSR count). The first-order valence-corrected chi connectivity index (χ1v) is 9.79. The molecular formula is C17H24N2O5S. The van der Waals surface area contributed by atoms with Crippen molar-refractivity contribution in [3.63, 3.8) is 0 Å². The van der Waals surface area contributed by atoms with E-state index in [9.17, 15) is 23.1 Å². The summed E-state index contributed by atoms with van der Waals surface area (Å²) in [5, 5.41) is 11.7. The molecular weight excluding hydrogens is 344 g/mol. The normalized spacial score (nSPS) is 16.8. The first-order valence-electron chi connectivity index (χ1n) is 8.35. The van der Waals surface area contributed by atoms with Gasteiger partial charge in [-0.1, -0.05) is 13.8 Å². The maximum Gasteiger partial charge on any atom is 0.326 e. The molecule has 1 aliphatic heterocycles. The van der Waals surface area contributed by atoms with Crippen LogP contribution in [0.15, 0.2) is 29.2 Å². The fourth-order valence-electron chi connectivity index (χ4n) is 2.79. The number of carboxylic acids is 1. The van der Waals surface area contributed by atoms with Crippen LogP contribution in [0.4, 0.5) is 0 Å². The van der Waals surface area contributed by atoms with E-state index in [0.29, 0.717) is 19.5 Å². The molecule has 1 saturated heterocycles. The molecule has 0 aliphatic carbocycles. The number of sulfonamides is 1. The molecule has 1 fully saturated rings. The summed E-state index contributed by atoms with van der Waals surface area (Å²) in [6.07, 6.45) is 2.03. The van der Waals surface area contributed by atoms with E-state index in [1.807, 2.05) is 13.8 Å². The second-order valence-corrected chi connectivity index (χ2v) is 8.57. The lowest BCUT2D eigenvalue weighted by Crippen LogP contribution is -2.41. The molecule has 0 unspecified atom stereocenters. The Morgan fingerprint density at radius 1 is 1.16 bits per heavy atom. The zero-order chi connectivity index (χ0) is 18.6. The van der Waals surface area contributed by atoms with Crippen molar-refractivity contribution >= 4 is 21.9 Å². The summed E-state index contributed by atoms with van der Waals surface area (Å²) in [4.78, 5) is 23.6. The van der Waals surface area contributed by atoms with Crippen LogP contribution in [0.3, 0.4) is 0 Å². The van der Waals surface area contributed by atoms with Crippen LogP contribution in [0.2, 0.25) is 0 Å². The third-order valence-electron chi connectivity index (χ3n) is 4.13. The van der Waals surface area contributed by atoms with Crippen LogP contribution in [0.5, 0.6) is 0 Å². The van der Waals surface area contributed by atoms with Crippen LogP contribution in [-0.2, 0) is 14.8 Å². The molecule has 1 heterocycles. The Morgan fingerprint density at radius 2 is 1.72 bits per heavy atom. The van der Waals surface area contributed by atoms with Crippen molar-refractivity contribution < 1.29 is 23.1 Å². The van der Waals surface area contributed by atoms with Gasteiger partial charge in [0, 0.05) is 18.7 Å². The van der Waals surface area contributed by atoms with Crippen molar-refractivity contribution in [1.29, 1.82) is 0 Å². The number of amides is 1. The molecule has 0 spiro atoms. The highest BCUT2D eigenvalue weighted by Crippen LogP contribution is 2.21. The lowest BCUT2D eigenvalue weighted by molar-refractivity contribution is -0.139. The molecule has 2 N–H and O–H groups in total. The summed E-state index contributed by atoms with van der Waals surface area (Å²) in [6, 6.07) is 4.63. The van der Waals surface area contributed by atoms with Crippen molar-refractivity contribution in [2.24, 2.45) is 5.92 Å². The zero-order valence-corrected chi connectivity index (χ0v) is 15.3. The minimum Gasteiger partial charge on any atom is -0.480 e. The number of rotatable bonds is 7. The monoisotopic (exact) mass is 368 g/mol. The van der Waals surface area contributed by atoms with Gasteiger partial charge in [0.25, 0.3) is 5.91 Å². The fourth-order valence-corrected chi connectivity index (χ4v) is 4.31. The van der Waals surface area contributed by atoms with Gasteiger partial charge >= 0.3 is 5.97 Å². The SMILES string of the molecule is CC(C)C[C@@H](NC(=O)c1ccc(S(=O)(=O)N2CCCC2)cc1)C(=O)O. The Bertz CT molecular complexity index is 722. The van der Waals surface area contributed by atoms with E-state index in [1.54, 1.807) is 0 Å². The molecule has 1 amide bonds. The van der Waals surface area contributed by atoms with Gasteiger partial charge in [-0.3, -0.25) is 4.79 Å². The Balaban J connectivity index is 2.10. The van der Waals surface area contributed by atoms with Gasteiger partial charge in [-0.2, -0.15) is 4.31 Å². The molecule has 0 saturated carbocycles.